The number of carbonyl (C=O) groups excluding carboxylic acids is 2. The molecule has 0 spiro atoms. The maximum atomic E-state index is 12.2. The van der Waals surface area contributed by atoms with Gasteiger partial charge in [-0.25, -0.2) is 4.79 Å². The highest BCUT2D eigenvalue weighted by Gasteiger charge is 2.47. The average molecular weight is 346 g/mol. The Morgan fingerprint density at radius 1 is 1.38 bits per heavy atom. The summed E-state index contributed by atoms with van der Waals surface area (Å²) in [5.74, 6) is 3.02. The molecule has 0 bridgehead atoms. The molecule has 5 nitrogen and oxygen atoms in total. The van der Waals surface area contributed by atoms with Gasteiger partial charge in [-0.05, 0) is 53.9 Å². The summed E-state index contributed by atoms with van der Waals surface area (Å²) >= 11 is 2.04. The topological polar surface area (TPSA) is 58.6 Å². The van der Waals surface area contributed by atoms with Crippen LogP contribution in [0.25, 0.3) is 0 Å². The number of hydrogen-bond donors (Lipinski definition) is 1. The molecule has 1 N–H and O–H groups in total. The van der Waals surface area contributed by atoms with Crippen LogP contribution in [0.5, 0.6) is 0 Å². The van der Waals surface area contributed by atoms with Crippen LogP contribution >= 0.6 is 11.8 Å². The molecule has 3 aliphatic heterocycles. The van der Waals surface area contributed by atoms with Crippen LogP contribution in [-0.2, 0) is 16.0 Å². The number of rotatable bonds is 3. The van der Waals surface area contributed by atoms with E-state index in [-0.39, 0.29) is 24.1 Å². The van der Waals surface area contributed by atoms with Gasteiger partial charge < -0.3 is 10.1 Å². The first kappa shape index (κ1) is 15.8. The van der Waals surface area contributed by atoms with E-state index in [1.165, 1.54) is 42.4 Å². The van der Waals surface area contributed by atoms with Crippen molar-refractivity contribution in [3.8, 4) is 0 Å². The third-order valence-electron chi connectivity index (χ3n) is 5.25. The number of anilines is 1. The largest absolute Gasteiger partial charge is 0.442 e. The SMILES string of the molecule is CC(=O)NC[C@@H]1OC(=O)N2c3ccc(C4CCSCC4)cc3C[C@@H]12. The van der Waals surface area contributed by atoms with Crippen LogP contribution in [0.3, 0.4) is 0 Å². The summed E-state index contributed by atoms with van der Waals surface area (Å²) in [5, 5.41) is 2.77. The zero-order chi connectivity index (χ0) is 16.7. The molecule has 2 atom stereocenters. The van der Waals surface area contributed by atoms with Crippen molar-refractivity contribution >= 4 is 29.4 Å². The van der Waals surface area contributed by atoms with E-state index in [9.17, 15) is 9.59 Å². The van der Waals surface area contributed by atoms with Crippen molar-refractivity contribution in [1.82, 2.24) is 5.32 Å². The second-order valence-electron chi connectivity index (χ2n) is 6.78. The second-order valence-corrected chi connectivity index (χ2v) is 8.00. The monoisotopic (exact) mass is 346 g/mol. The Labute approximate surface area is 146 Å². The summed E-state index contributed by atoms with van der Waals surface area (Å²) in [6, 6.07) is 6.54. The molecule has 4 rings (SSSR count). The average Bonchev–Trinajstić information content (AvgIpc) is 3.11. The van der Waals surface area contributed by atoms with Gasteiger partial charge in [0.05, 0.1) is 18.3 Å². The summed E-state index contributed by atoms with van der Waals surface area (Å²) in [7, 11) is 0. The van der Waals surface area contributed by atoms with Gasteiger partial charge in [0.1, 0.15) is 6.10 Å². The first-order valence-electron chi connectivity index (χ1n) is 8.58. The molecule has 0 aliphatic carbocycles. The molecule has 1 aromatic carbocycles. The highest BCUT2D eigenvalue weighted by molar-refractivity contribution is 7.99. The molecular weight excluding hydrogens is 324 g/mol. The fourth-order valence-electron chi connectivity index (χ4n) is 4.00. The highest BCUT2D eigenvalue weighted by Crippen LogP contribution is 2.41. The van der Waals surface area contributed by atoms with E-state index in [1.54, 1.807) is 4.90 Å². The van der Waals surface area contributed by atoms with Gasteiger partial charge in [0, 0.05) is 6.92 Å². The molecule has 6 heteroatoms. The summed E-state index contributed by atoms with van der Waals surface area (Å²) in [4.78, 5) is 25.2. The Bertz CT molecular complexity index is 672. The Morgan fingerprint density at radius 3 is 2.92 bits per heavy atom. The molecule has 0 unspecified atom stereocenters. The van der Waals surface area contributed by atoms with E-state index in [1.807, 2.05) is 11.8 Å². The fourth-order valence-corrected chi connectivity index (χ4v) is 5.11. The van der Waals surface area contributed by atoms with Gasteiger partial charge in [0.25, 0.3) is 0 Å². The van der Waals surface area contributed by atoms with Crippen molar-refractivity contribution in [3.63, 3.8) is 0 Å². The summed E-state index contributed by atoms with van der Waals surface area (Å²) in [6.45, 7) is 1.86. The highest BCUT2D eigenvalue weighted by atomic mass is 32.2. The van der Waals surface area contributed by atoms with E-state index in [4.69, 9.17) is 4.74 Å². The number of benzene rings is 1. The molecule has 0 radical (unpaired) electrons. The van der Waals surface area contributed by atoms with E-state index in [0.717, 1.165) is 12.1 Å². The lowest BCUT2D eigenvalue weighted by atomic mass is 9.91. The van der Waals surface area contributed by atoms with Crippen LogP contribution in [0, 0.1) is 0 Å². The lowest BCUT2D eigenvalue weighted by molar-refractivity contribution is -0.119. The predicted molar refractivity (Wildman–Crippen MR) is 94.7 cm³/mol. The predicted octanol–water partition coefficient (Wildman–Crippen LogP) is 2.68. The lowest BCUT2D eigenvalue weighted by Crippen LogP contribution is -2.40. The summed E-state index contributed by atoms with van der Waals surface area (Å²) in [5.41, 5.74) is 3.62. The number of nitrogens with zero attached hydrogens (tertiary/aromatic N) is 1. The molecule has 2 amide bonds. The number of ether oxygens (including phenoxy) is 1. The number of thioether (sulfide) groups is 1. The van der Waals surface area contributed by atoms with Gasteiger partial charge in [0.15, 0.2) is 0 Å². The molecule has 3 heterocycles. The van der Waals surface area contributed by atoms with Crippen molar-refractivity contribution in [2.45, 2.75) is 44.2 Å². The number of cyclic esters (lactones) is 1. The minimum absolute atomic E-state index is 0.00323. The van der Waals surface area contributed by atoms with Gasteiger partial charge in [-0.15, -0.1) is 0 Å². The van der Waals surface area contributed by atoms with Crippen LogP contribution in [-0.4, -0.2) is 42.2 Å². The van der Waals surface area contributed by atoms with Gasteiger partial charge in [-0.2, -0.15) is 11.8 Å². The Hall–Kier alpha value is -1.69. The van der Waals surface area contributed by atoms with Gasteiger partial charge in [-0.3, -0.25) is 9.69 Å². The van der Waals surface area contributed by atoms with Crippen molar-refractivity contribution < 1.29 is 14.3 Å². The molecule has 0 aromatic heterocycles. The quantitative estimate of drug-likeness (QED) is 0.914. The number of carbonyl (C=O) groups is 2. The lowest BCUT2D eigenvalue weighted by Gasteiger charge is -2.22. The van der Waals surface area contributed by atoms with Gasteiger partial charge in [0.2, 0.25) is 5.91 Å². The zero-order valence-electron chi connectivity index (χ0n) is 13.8. The number of nitrogens with one attached hydrogen (secondary N) is 1. The Balaban J connectivity index is 1.54. The van der Waals surface area contributed by atoms with Gasteiger partial charge >= 0.3 is 6.09 Å². The third-order valence-corrected chi connectivity index (χ3v) is 6.30. The maximum Gasteiger partial charge on any atom is 0.415 e. The van der Waals surface area contributed by atoms with E-state index < -0.39 is 0 Å². The van der Waals surface area contributed by atoms with Crippen LogP contribution < -0.4 is 10.2 Å². The fraction of sp³-hybridized carbons (Fsp3) is 0.556. The molecule has 1 aromatic rings. The zero-order valence-corrected chi connectivity index (χ0v) is 14.6. The smallest absolute Gasteiger partial charge is 0.415 e. The van der Waals surface area contributed by atoms with Crippen LogP contribution in [0.15, 0.2) is 18.2 Å². The third kappa shape index (κ3) is 2.77. The van der Waals surface area contributed by atoms with Crippen molar-refractivity contribution in [3.05, 3.63) is 29.3 Å². The molecule has 2 fully saturated rings. The Kier molecular flexibility index (Phi) is 4.16. The van der Waals surface area contributed by atoms with Gasteiger partial charge in [-0.1, -0.05) is 12.1 Å². The number of fused-ring (bicyclic) bond motifs is 3. The van der Waals surface area contributed by atoms with Crippen LogP contribution in [0.1, 0.15) is 36.8 Å². The standard InChI is InChI=1S/C18H22N2O3S/c1-11(21)19-10-17-16-9-14-8-13(12-4-6-24-7-5-12)2-3-15(14)20(16)18(22)23-17/h2-3,8,12,16-17H,4-7,9-10H2,1H3,(H,19,21)/t16-,17-/m0/s1. The van der Waals surface area contributed by atoms with Crippen LogP contribution in [0.4, 0.5) is 10.5 Å². The summed E-state index contributed by atoms with van der Waals surface area (Å²) in [6.07, 6.45) is 2.72. The van der Waals surface area contributed by atoms with E-state index in [2.05, 4.69) is 23.5 Å². The van der Waals surface area contributed by atoms with Crippen molar-refractivity contribution in [2.75, 3.05) is 23.0 Å². The summed E-state index contributed by atoms with van der Waals surface area (Å²) < 4.78 is 5.45. The number of hydrogen-bond acceptors (Lipinski definition) is 4. The maximum absolute atomic E-state index is 12.2. The molecule has 24 heavy (non-hydrogen) atoms. The van der Waals surface area contributed by atoms with Crippen LogP contribution in [0.2, 0.25) is 0 Å². The van der Waals surface area contributed by atoms with E-state index >= 15 is 0 Å². The molecule has 3 aliphatic rings. The second kappa shape index (κ2) is 6.31. The van der Waals surface area contributed by atoms with Crippen molar-refractivity contribution in [1.29, 1.82) is 0 Å². The molecule has 128 valence electrons. The van der Waals surface area contributed by atoms with Crippen molar-refractivity contribution in [2.24, 2.45) is 0 Å². The first-order chi connectivity index (χ1) is 11.6. The molecule has 2 saturated heterocycles. The normalized spacial score (nSPS) is 26.0. The Morgan fingerprint density at radius 2 is 2.17 bits per heavy atom. The molecule has 0 saturated carbocycles. The van der Waals surface area contributed by atoms with E-state index in [0.29, 0.717) is 12.5 Å². The minimum atomic E-state index is -0.295. The number of amides is 2. The first-order valence-corrected chi connectivity index (χ1v) is 9.74. The molecular formula is C18H22N2O3S. The minimum Gasteiger partial charge on any atom is -0.442 e.